The first-order valence-corrected chi connectivity index (χ1v) is 11.9. The lowest BCUT2D eigenvalue weighted by atomic mass is 9.64. The SMILES string of the molecule is CCCCC(CO)NC(=O)c1cn2c(C(=O)NCC3CCCC(C)(C)C3C)cccc2n1. The van der Waals surface area contributed by atoms with Gasteiger partial charge in [-0.1, -0.05) is 53.0 Å². The Bertz CT molecular complexity index is 936. The largest absolute Gasteiger partial charge is 0.394 e. The zero-order chi connectivity index (χ0) is 23.3. The van der Waals surface area contributed by atoms with Gasteiger partial charge in [0.05, 0.1) is 12.6 Å². The summed E-state index contributed by atoms with van der Waals surface area (Å²) >= 11 is 0. The third-order valence-corrected chi connectivity index (χ3v) is 7.28. The fourth-order valence-corrected chi connectivity index (χ4v) is 4.75. The second-order valence-corrected chi connectivity index (χ2v) is 9.90. The molecule has 0 bridgehead atoms. The predicted molar refractivity (Wildman–Crippen MR) is 126 cm³/mol. The van der Waals surface area contributed by atoms with E-state index in [-0.39, 0.29) is 30.2 Å². The van der Waals surface area contributed by atoms with E-state index in [1.54, 1.807) is 28.8 Å². The van der Waals surface area contributed by atoms with Crippen molar-refractivity contribution in [3.05, 3.63) is 35.8 Å². The molecular formula is C25H38N4O3. The van der Waals surface area contributed by atoms with Crippen molar-refractivity contribution in [1.29, 1.82) is 0 Å². The Balaban J connectivity index is 1.70. The molecule has 1 aliphatic carbocycles. The summed E-state index contributed by atoms with van der Waals surface area (Å²) in [6, 6.07) is 5.01. The molecule has 176 valence electrons. The van der Waals surface area contributed by atoms with E-state index >= 15 is 0 Å². The van der Waals surface area contributed by atoms with Gasteiger partial charge in [0, 0.05) is 12.7 Å². The summed E-state index contributed by atoms with van der Waals surface area (Å²) in [5.41, 5.74) is 1.54. The van der Waals surface area contributed by atoms with Gasteiger partial charge in [-0.05, 0) is 48.6 Å². The zero-order valence-electron chi connectivity index (χ0n) is 19.9. The molecule has 2 aromatic heterocycles. The number of pyridine rings is 1. The van der Waals surface area contributed by atoms with Crippen LogP contribution in [0.25, 0.3) is 5.65 Å². The summed E-state index contributed by atoms with van der Waals surface area (Å²) in [4.78, 5) is 30.0. The number of aliphatic hydroxyl groups excluding tert-OH is 1. The topological polar surface area (TPSA) is 95.7 Å². The van der Waals surface area contributed by atoms with E-state index in [4.69, 9.17) is 0 Å². The molecule has 0 aromatic carbocycles. The van der Waals surface area contributed by atoms with Gasteiger partial charge in [-0.25, -0.2) is 4.98 Å². The third kappa shape index (κ3) is 5.49. The highest BCUT2D eigenvalue weighted by Gasteiger charge is 2.35. The second kappa shape index (κ2) is 10.5. The summed E-state index contributed by atoms with van der Waals surface area (Å²) in [6.07, 6.45) is 7.80. The maximum Gasteiger partial charge on any atom is 0.271 e. The lowest BCUT2D eigenvalue weighted by Gasteiger charge is -2.42. The summed E-state index contributed by atoms with van der Waals surface area (Å²) < 4.78 is 1.67. The summed E-state index contributed by atoms with van der Waals surface area (Å²) in [7, 11) is 0. The van der Waals surface area contributed by atoms with Gasteiger partial charge in [0.1, 0.15) is 17.0 Å². The molecule has 3 atom stereocenters. The van der Waals surface area contributed by atoms with Crippen LogP contribution in [0.15, 0.2) is 24.4 Å². The number of nitrogens with zero attached hydrogens (tertiary/aromatic N) is 2. The molecule has 1 saturated carbocycles. The van der Waals surface area contributed by atoms with Crippen LogP contribution < -0.4 is 10.6 Å². The highest BCUT2D eigenvalue weighted by Crippen LogP contribution is 2.43. The summed E-state index contributed by atoms with van der Waals surface area (Å²) in [5, 5.41) is 15.5. The molecule has 3 unspecified atom stereocenters. The van der Waals surface area contributed by atoms with E-state index in [1.165, 1.54) is 12.8 Å². The first-order valence-electron chi connectivity index (χ1n) is 11.9. The Labute approximate surface area is 191 Å². The molecule has 3 N–H and O–H groups in total. The number of hydrogen-bond acceptors (Lipinski definition) is 4. The molecule has 1 fully saturated rings. The number of nitrogens with one attached hydrogen (secondary N) is 2. The third-order valence-electron chi connectivity index (χ3n) is 7.28. The maximum absolute atomic E-state index is 13.0. The van der Waals surface area contributed by atoms with Gasteiger partial charge >= 0.3 is 0 Å². The average Bonchev–Trinajstić information content (AvgIpc) is 3.22. The Hall–Kier alpha value is -2.41. The number of unbranched alkanes of at least 4 members (excludes halogenated alkanes) is 1. The Morgan fingerprint density at radius 3 is 2.81 bits per heavy atom. The van der Waals surface area contributed by atoms with Crippen LogP contribution in [0, 0.1) is 17.3 Å². The van der Waals surface area contributed by atoms with Gasteiger partial charge in [0.25, 0.3) is 11.8 Å². The van der Waals surface area contributed by atoms with Crippen LogP contribution in [0.3, 0.4) is 0 Å². The predicted octanol–water partition coefficient (Wildman–Crippen LogP) is 3.81. The lowest BCUT2D eigenvalue weighted by Crippen LogP contribution is -2.40. The van der Waals surface area contributed by atoms with Crippen LogP contribution in [0.4, 0.5) is 0 Å². The van der Waals surface area contributed by atoms with Gasteiger partial charge in [-0.2, -0.15) is 0 Å². The minimum absolute atomic E-state index is 0.108. The second-order valence-electron chi connectivity index (χ2n) is 9.90. The first kappa shape index (κ1) is 24.2. The van der Waals surface area contributed by atoms with Crippen molar-refractivity contribution >= 4 is 17.5 Å². The van der Waals surface area contributed by atoms with E-state index < -0.39 is 0 Å². The number of aliphatic hydroxyl groups is 1. The molecule has 7 nitrogen and oxygen atoms in total. The van der Waals surface area contributed by atoms with Crippen LogP contribution in [0.1, 0.15) is 87.2 Å². The number of rotatable bonds is 9. The Kier molecular flexibility index (Phi) is 7.93. The van der Waals surface area contributed by atoms with Crippen molar-refractivity contribution in [2.75, 3.05) is 13.2 Å². The molecule has 0 spiro atoms. The normalized spacial score (nSPS) is 21.3. The minimum Gasteiger partial charge on any atom is -0.394 e. The van der Waals surface area contributed by atoms with E-state index in [2.05, 4.69) is 43.3 Å². The van der Waals surface area contributed by atoms with Crippen molar-refractivity contribution in [2.24, 2.45) is 17.3 Å². The van der Waals surface area contributed by atoms with E-state index in [0.717, 1.165) is 25.7 Å². The minimum atomic E-state index is -0.339. The number of imidazole rings is 1. The van der Waals surface area contributed by atoms with Crippen LogP contribution in [0.5, 0.6) is 0 Å². The number of amides is 2. The average molecular weight is 443 g/mol. The van der Waals surface area contributed by atoms with Crippen molar-refractivity contribution in [3.63, 3.8) is 0 Å². The van der Waals surface area contributed by atoms with Crippen LogP contribution in [-0.4, -0.2) is 45.5 Å². The molecule has 2 heterocycles. The van der Waals surface area contributed by atoms with Crippen LogP contribution >= 0.6 is 0 Å². The molecule has 0 radical (unpaired) electrons. The van der Waals surface area contributed by atoms with Gasteiger partial charge < -0.3 is 15.7 Å². The van der Waals surface area contributed by atoms with Crippen LogP contribution in [0.2, 0.25) is 0 Å². The Morgan fingerprint density at radius 1 is 1.31 bits per heavy atom. The van der Waals surface area contributed by atoms with Crippen LogP contribution in [-0.2, 0) is 0 Å². The zero-order valence-corrected chi connectivity index (χ0v) is 19.9. The lowest BCUT2D eigenvalue weighted by molar-refractivity contribution is 0.0785. The Morgan fingerprint density at radius 2 is 2.09 bits per heavy atom. The van der Waals surface area contributed by atoms with Crippen molar-refractivity contribution in [2.45, 2.75) is 72.3 Å². The standard InChI is InChI=1S/C25H38N4O3/c1-5-6-10-19(16-30)27-23(31)20-15-29-21(11-7-12-22(29)28-20)24(32)26-14-18-9-8-13-25(3,4)17(18)2/h7,11-12,15,17-19,30H,5-6,8-10,13-14,16H2,1-4H3,(H,26,32)(H,27,31). The molecule has 2 amide bonds. The van der Waals surface area contributed by atoms with Gasteiger partial charge in [-0.3, -0.25) is 14.0 Å². The molecule has 2 aromatic rings. The van der Waals surface area contributed by atoms with Crippen molar-refractivity contribution in [1.82, 2.24) is 20.0 Å². The van der Waals surface area contributed by atoms with Crippen molar-refractivity contribution < 1.29 is 14.7 Å². The quantitative estimate of drug-likeness (QED) is 0.550. The first-order chi connectivity index (χ1) is 15.3. The number of aromatic nitrogens is 2. The number of hydrogen-bond donors (Lipinski definition) is 3. The summed E-state index contributed by atoms with van der Waals surface area (Å²) in [6.45, 7) is 9.53. The fraction of sp³-hybridized carbons (Fsp3) is 0.640. The molecule has 1 aliphatic rings. The molecule has 0 aliphatic heterocycles. The van der Waals surface area contributed by atoms with E-state index in [9.17, 15) is 14.7 Å². The highest BCUT2D eigenvalue weighted by atomic mass is 16.3. The molecule has 0 saturated heterocycles. The molecule has 7 heteroatoms. The molecule has 32 heavy (non-hydrogen) atoms. The number of fused-ring (bicyclic) bond motifs is 1. The molecular weight excluding hydrogens is 404 g/mol. The molecule has 3 rings (SSSR count). The fourth-order valence-electron chi connectivity index (χ4n) is 4.75. The van der Waals surface area contributed by atoms with Gasteiger partial charge in [0.15, 0.2) is 0 Å². The van der Waals surface area contributed by atoms with Gasteiger partial charge in [-0.15, -0.1) is 0 Å². The smallest absolute Gasteiger partial charge is 0.271 e. The maximum atomic E-state index is 13.0. The van der Waals surface area contributed by atoms with Gasteiger partial charge in [0.2, 0.25) is 0 Å². The van der Waals surface area contributed by atoms with Crippen molar-refractivity contribution in [3.8, 4) is 0 Å². The monoisotopic (exact) mass is 442 g/mol. The summed E-state index contributed by atoms with van der Waals surface area (Å²) in [5.74, 6) is 0.507. The number of carbonyl (C=O) groups is 2. The number of carbonyl (C=O) groups excluding carboxylic acids is 2. The van der Waals surface area contributed by atoms with E-state index in [0.29, 0.717) is 35.1 Å². The highest BCUT2D eigenvalue weighted by molar-refractivity contribution is 5.95. The van der Waals surface area contributed by atoms with E-state index in [1.807, 2.05) is 0 Å².